The Balaban J connectivity index is 1.92. The van der Waals surface area contributed by atoms with Crippen molar-refractivity contribution in [3.05, 3.63) is 17.8 Å². The number of nitrogens with zero attached hydrogens (tertiary/aromatic N) is 1. The molecule has 1 amide bonds. The largest absolute Gasteiger partial charge is 0.476 e. The number of rotatable bonds is 8. The first-order chi connectivity index (χ1) is 11.1. The molecule has 2 rings (SSSR count). The number of aromatic nitrogens is 1. The Morgan fingerprint density at radius 1 is 1.35 bits per heavy atom. The van der Waals surface area contributed by atoms with Crippen molar-refractivity contribution in [2.45, 2.75) is 63.7 Å². The minimum atomic E-state index is -1.16. The van der Waals surface area contributed by atoms with Crippen molar-refractivity contribution in [2.24, 2.45) is 5.92 Å². The third-order valence-electron chi connectivity index (χ3n) is 4.54. The average molecular weight is 324 g/mol. The standard InChI is InChI=1S/C16H24N2O5/c19-14(18-22)9-12(15-17-13(10-23-15)16(20)21)8-4-7-11-5-2-1-3-6-11/h10-12,22H,1-9H2,(H,18,19)(H,20,21)/t12-/m1/s1. The first-order valence-corrected chi connectivity index (χ1v) is 8.21. The zero-order valence-electron chi connectivity index (χ0n) is 13.2. The number of nitrogens with one attached hydrogen (secondary N) is 1. The number of amides is 1. The van der Waals surface area contributed by atoms with E-state index in [2.05, 4.69) is 4.98 Å². The van der Waals surface area contributed by atoms with Gasteiger partial charge in [-0.25, -0.2) is 15.3 Å². The van der Waals surface area contributed by atoms with Crippen molar-refractivity contribution >= 4 is 11.9 Å². The van der Waals surface area contributed by atoms with E-state index in [1.807, 2.05) is 0 Å². The van der Waals surface area contributed by atoms with E-state index >= 15 is 0 Å². The van der Waals surface area contributed by atoms with Crippen LogP contribution in [0.1, 0.15) is 80.1 Å². The Labute approximate surface area is 135 Å². The van der Waals surface area contributed by atoms with Gasteiger partial charge in [-0.3, -0.25) is 10.0 Å². The molecule has 0 unspecified atom stereocenters. The molecule has 1 saturated carbocycles. The number of carbonyl (C=O) groups is 2. The van der Waals surface area contributed by atoms with E-state index in [9.17, 15) is 9.59 Å². The van der Waals surface area contributed by atoms with E-state index in [4.69, 9.17) is 14.7 Å². The second-order valence-corrected chi connectivity index (χ2v) is 6.25. The topological polar surface area (TPSA) is 113 Å². The predicted molar refractivity (Wildman–Crippen MR) is 81.2 cm³/mol. The molecule has 1 atom stereocenters. The van der Waals surface area contributed by atoms with Gasteiger partial charge in [-0.2, -0.15) is 0 Å². The van der Waals surface area contributed by atoms with Crippen LogP contribution < -0.4 is 5.48 Å². The summed E-state index contributed by atoms with van der Waals surface area (Å²) in [4.78, 5) is 26.3. The van der Waals surface area contributed by atoms with Crippen molar-refractivity contribution in [3.8, 4) is 0 Å². The van der Waals surface area contributed by atoms with E-state index in [1.54, 1.807) is 5.48 Å². The summed E-state index contributed by atoms with van der Waals surface area (Å²) in [5.74, 6) is -1.01. The van der Waals surface area contributed by atoms with Gasteiger partial charge in [-0.05, 0) is 12.3 Å². The molecule has 23 heavy (non-hydrogen) atoms. The van der Waals surface area contributed by atoms with Gasteiger partial charge in [0.25, 0.3) is 0 Å². The highest BCUT2D eigenvalue weighted by Gasteiger charge is 2.23. The van der Waals surface area contributed by atoms with Crippen LogP contribution in [0.5, 0.6) is 0 Å². The Hall–Kier alpha value is -1.89. The fourth-order valence-electron chi connectivity index (χ4n) is 3.28. The molecule has 0 radical (unpaired) electrons. The summed E-state index contributed by atoms with van der Waals surface area (Å²) in [7, 11) is 0. The lowest BCUT2D eigenvalue weighted by atomic mass is 9.84. The number of oxazole rings is 1. The van der Waals surface area contributed by atoms with Crippen LogP contribution in [-0.2, 0) is 4.79 Å². The van der Waals surface area contributed by atoms with Gasteiger partial charge in [0, 0.05) is 12.3 Å². The Bertz CT molecular complexity index is 522. The number of carbonyl (C=O) groups excluding carboxylic acids is 1. The third-order valence-corrected chi connectivity index (χ3v) is 4.54. The second-order valence-electron chi connectivity index (χ2n) is 6.25. The van der Waals surface area contributed by atoms with E-state index in [1.165, 1.54) is 32.1 Å². The van der Waals surface area contributed by atoms with Gasteiger partial charge in [-0.1, -0.05) is 44.9 Å². The van der Waals surface area contributed by atoms with Gasteiger partial charge in [0.15, 0.2) is 11.6 Å². The molecule has 1 aliphatic carbocycles. The molecule has 0 aromatic carbocycles. The Morgan fingerprint density at radius 3 is 2.70 bits per heavy atom. The number of aromatic carboxylic acids is 1. The van der Waals surface area contributed by atoms with Crippen LogP contribution in [0, 0.1) is 5.92 Å². The monoisotopic (exact) mass is 324 g/mol. The highest BCUT2D eigenvalue weighted by molar-refractivity contribution is 5.84. The quantitative estimate of drug-likeness (QED) is 0.500. The summed E-state index contributed by atoms with van der Waals surface area (Å²) in [6.07, 6.45) is 10.3. The van der Waals surface area contributed by atoms with Crippen molar-refractivity contribution in [2.75, 3.05) is 0 Å². The van der Waals surface area contributed by atoms with Gasteiger partial charge in [0.1, 0.15) is 6.26 Å². The van der Waals surface area contributed by atoms with Crippen molar-refractivity contribution < 1.29 is 24.3 Å². The molecule has 1 aliphatic rings. The van der Waals surface area contributed by atoms with Crippen LogP contribution in [0.4, 0.5) is 0 Å². The normalized spacial score (nSPS) is 16.9. The molecule has 1 heterocycles. The molecule has 1 aromatic rings. The Morgan fingerprint density at radius 2 is 2.09 bits per heavy atom. The van der Waals surface area contributed by atoms with Gasteiger partial charge in [-0.15, -0.1) is 0 Å². The predicted octanol–water partition coefficient (Wildman–Crippen LogP) is 3.10. The number of carboxylic acid groups (broad SMARTS) is 1. The SMILES string of the molecule is O=C(C[C@@H](CCCC1CCCCC1)c1nc(C(=O)O)co1)NO. The lowest BCUT2D eigenvalue weighted by Gasteiger charge is -2.22. The maximum Gasteiger partial charge on any atom is 0.357 e. The van der Waals surface area contributed by atoms with Crippen molar-refractivity contribution in [3.63, 3.8) is 0 Å². The first kappa shape index (κ1) is 17.5. The number of carboxylic acids is 1. The lowest BCUT2D eigenvalue weighted by Crippen LogP contribution is -2.21. The van der Waals surface area contributed by atoms with E-state index in [0.717, 1.165) is 25.0 Å². The van der Waals surface area contributed by atoms with Crippen LogP contribution >= 0.6 is 0 Å². The Kier molecular flexibility index (Phi) is 6.58. The first-order valence-electron chi connectivity index (χ1n) is 8.21. The summed E-state index contributed by atoms with van der Waals surface area (Å²) in [5, 5.41) is 17.6. The molecule has 0 saturated heterocycles. The van der Waals surface area contributed by atoms with Gasteiger partial charge in [0.2, 0.25) is 5.91 Å². The molecular formula is C16H24N2O5. The van der Waals surface area contributed by atoms with E-state index < -0.39 is 11.9 Å². The van der Waals surface area contributed by atoms with Crippen LogP contribution in [0.15, 0.2) is 10.7 Å². The van der Waals surface area contributed by atoms with E-state index in [0.29, 0.717) is 6.42 Å². The van der Waals surface area contributed by atoms with Gasteiger partial charge < -0.3 is 9.52 Å². The minimum absolute atomic E-state index is 0.0285. The molecule has 3 N–H and O–H groups in total. The van der Waals surface area contributed by atoms with Crippen LogP contribution in [0.25, 0.3) is 0 Å². The second kappa shape index (κ2) is 8.67. The number of hydroxylamine groups is 1. The fraction of sp³-hybridized carbons (Fsp3) is 0.688. The van der Waals surface area contributed by atoms with Crippen LogP contribution in [0.3, 0.4) is 0 Å². The fourth-order valence-corrected chi connectivity index (χ4v) is 3.28. The van der Waals surface area contributed by atoms with Crippen LogP contribution in [0.2, 0.25) is 0 Å². The molecule has 1 fully saturated rings. The summed E-state index contributed by atoms with van der Waals surface area (Å²) >= 11 is 0. The van der Waals surface area contributed by atoms with Crippen molar-refractivity contribution in [1.29, 1.82) is 0 Å². The zero-order chi connectivity index (χ0) is 16.7. The molecule has 1 aromatic heterocycles. The molecule has 0 spiro atoms. The summed E-state index contributed by atoms with van der Waals surface area (Å²) in [6, 6.07) is 0. The molecular weight excluding hydrogens is 300 g/mol. The van der Waals surface area contributed by atoms with Gasteiger partial charge in [0.05, 0.1) is 0 Å². The molecule has 128 valence electrons. The smallest absolute Gasteiger partial charge is 0.357 e. The van der Waals surface area contributed by atoms with E-state index in [-0.39, 0.29) is 23.9 Å². The summed E-state index contributed by atoms with van der Waals surface area (Å²) in [5.41, 5.74) is 1.44. The third kappa shape index (κ3) is 5.35. The highest BCUT2D eigenvalue weighted by Crippen LogP contribution is 2.31. The van der Waals surface area contributed by atoms with Gasteiger partial charge >= 0.3 is 5.97 Å². The maximum absolute atomic E-state index is 11.5. The minimum Gasteiger partial charge on any atom is -0.476 e. The maximum atomic E-state index is 11.5. The lowest BCUT2D eigenvalue weighted by molar-refractivity contribution is -0.129. The molecule has 7 heteroatoms. The molecule has 7 nitrogen and oxygen atoms in total. The van der Waals surface area contributed by atoms with Crippen LogP contribution in [-0.4, -0.2) is 27.2 Å². The zero-order valence-corrected chi connectivity index (χ0v) is 13.2. The highest BCUT2D eigenvalue weighted by atomic mass is 16.5. The summed E-state index contributed by atoms with van der Waals surface area (Å²) in [6.45, 7) is 0. The number of hydrogen-bond donors (Lipinski definition) is 3. The average Bonchev–Trinajstić information content (AvgIpc) is 3.05. The van der Waals surface area contributed by atoms with Crippen molar-refractivity contribution in [1.82, 2.24) is 10.5 Å². The molecule has 0 aliphatic heterocycles. The molecule has 0 bridgehead atoms. The summed E-state index contributed by atoms with van der Waals surface area (Å²) < 4.78 is 5.22. The number of hydrogen-bond acceptors (Lipinski definition) is 5.